The van der Waals surface area contributed by atoms with Gasteiger partial charge in [0.05, 0.1) is 67.9 Å². The van der Waals surface area contributed by atoms with Gasteiger partial charge < -0.3 is 53.5 Å². The Bertz CT molecular complexity index is 3610. The predicted octanol–water partition coefficient (Wildman–Crippen LogP) is 13.1. The first-order chi connectivity index (χ1) is 47.9. The lowest BCUT2D eigenvalue weighted by atomic mass is 9.77. The minimum Gasteiger partial charge on any atom is -0.481 e. The summed E-state index contributed by atoms with van der Waals surface area (Å²) in [7, 11) is 0. The van der Waals surface area contributed by atoms with Crippen molar-refractivity contribution in [3.8, 4) is 0 Å². The van der Waals surface area contributed by atoms with E-state index in [9.17, 15) is 39.3 Å². The van der Waals surface area contributed by atoms with Gasteiger partial charge >= 0.3 is 29.8 Å². The lowest BCUT2D eigenvalue weighted by Gasteiger charge is -2.37. The summed E-state index contributed by atoms with van der Waals surface area (Å²) in [5.74, 6) is -2.30. The highest BCUT2D eigenvalue weighted by molar-refractivity contribution is 5.70. The maximum Gasteiger partial charge on any atom is 0.306 e. The Morgan fingerprint density at radius 1 is 0.424 bits per heavy atom. The van der Waals surface area contributed by atoms with E-state index in [1.54, 1.807) is 12.5 Å². The number of rotatable bonds is 35. The van der Waals surface area contributed by atoms with Crippen LogP contribution in [0.5, 0.6) is 0 Å². The summed E-state index contributed by atoms with van der Waals surface area (Å²) in [6, 6.07) is 62.0. The van der Waals surface area contributed by atoms with Crippen molar-refractivity contribution in [3.05, 3.63) is 270 Å². The van der Waals surface area contributed by atoms with Gasteiger partial charge in [-0.2, -0.15) is 0 Å². The molecule has 19 nitrogen and oxygen atoms in total. The highest BCUT2D eigenvalue weighted by Gasteiger charge is 2.40. The Balaban J connectivity index is 0.000000223. The molecular weight excluding hydrogens is 1250 g/mol. The van der Waals surface area contributed by atoms with Crippen molar-refractivity contribution in [2.75, 3.05) is 0 Å². The van der Waals surface area contributed by atoms with E-state index in [0.717, 1.165) is 50.5 Å². The molecule has 9 rings (SSSR count). The second-order valence-electron chi connectivity index (χ2n) is 24.6. The number of esters is 4. The number of aromatic nitrogens is 6. The Labute approximate surface area is 581 Å². The zero-order valence-electron chi connectivity index (χ0n) is 57.6. The third kappa shape index (κ3) is 22.6. The fraction of sp³-hybridized carbons (Fsp3) is 0.375. The number of imidazole rings is 3. The van der Waals surface area contributed by atoms with Gasteiger partial charge in [-0.15, -0.1) is 0 Å². The molecule has 3 heterocycles. The Kier molecular flexibility index (Phi) is 30.6. The zero-order valence-corrected chi connectivity index (χ0v) is 57.6. The van der Waals surface area contributed by atoms with Gasteiger partial charge in [-0.05, 0) is 65.5 Å². The number of nitrogens with zero attached hydrogens (tertiary/aromatic N) is 5. The van der Waals surface area contributed by atoms with Gasteiger partial charge in [0.1, 0.15) is 35.5 Å². The number of carbonyl (C=O) groups excluding carboxylic acids is 4. The smallest absolute Gasteiger partial charge is 0.306 e. The number of aromatic amines is 1. The second kappa shape index (κ2) is 39.5. The molecule has 0 aliphatic heterocycles. The van der Waals surface area contributed by atoms with Crippen molar-refractivity contribution >= 4 is 29.8 Å². The fourth-order valence-corrected chi connectivity index (χ4v) is 12.4. The van der Waals surface area contributed by atoms with Crippen molar-refractivity contribution in [1.82, 2.24) is 29.1 Å². The third-order valence-corrected chi connectivity index (χ3v) is 17.3. The summed E-state index contributed by atoms with van der Waals surface area (Å²) >= 11 is 0. The molecule has 0 amide bonds. The van der Waals surface area contributed by atoms with E-state index in [1.165, 1.54) is 13.8 Å². The Morgan fingerprint density at radius 3 is 1.05 bits per heavy atom. The minimum atomic E-state index is -0.857. The van der Waals surface area contributed by atoms with E-state index >= 15 is 0 Å². The summed E-state index contributed by atoms with van der Waals surface area (Å²) < 4.78 is 25.8. The Hall–Kier alpha value is -9.82. The lowest BCUT2D eigenvalue weighted by Crippen LogP contribution is -2.36. The molecule has 99 heavy (non-hydrogen) atoms. The van der Waals surface area contributed by atoms with Crippen molar-refractivity contribution in [2.24, 2.45) is 0 Å². The number of aliphatic carboxylic acids is 1. The molecule has 3 aromatic heterocycles. The molecule has 9 aromatic rings. The molecule has 524 valence electrons. The van der Waals surface area contributed by atoms with Gasteiger partial charge in [0.15, 0.2) is 0 Å². The van der Waals surface area contributed by atoms with Crippen LogP contribution >= 0.6 is 0 Å². The van der Waals surface area contributed by atoms with Gasteiger partial charge in [0.2, 0.25) is 0 Å². The maximum atomic E-state index is 12.9. The van der Waals surface area contributed by atoms with Gasteiger partial charge in [0, 0.05) is 83.1 Å². The number of aliphatic hydroxyl groups is 3. The molecule has 0 saturated heterocycles. The molecule has 5 N–H and O–H groups in total. The first-order valence-electron chi connectivity index (χ1n) is 34.3. The van der Waals surface area contributed by atoms with Crippen LogP contribution in [0.15, 0.2) is 220 Å². The quantitative estimate of drug-likeness (QED) is 0.0140. The summed E-state index contributed by atoms with van der Waals surface area (Å²) in [6.45, 7) is 10.2. The normalized spacial score (nSPS) is 13.5. The van der Waals surface area contributed by atoms with Crippen LogP contribution in [0.4, 0.5) is 0 Å². The minimum absolute atomic E-state index is 0.0615. The van der Waals surface area contributed by atoms with Crippen LogP contribution in [0.2, 0.25) is 0 Å². The van der Waals surface area contributed by atoms with Crippen molar-refractivity contribution in [2.45, 2.75) is 192 Å². The standard InChI is InChI=1S/C38H46N2O6.C25H22N2O2.C17H28N2O5/c1-4-33(42)23-36(45-28(3)41)25-34(43)24-35(5-2)46-37(44)22-21-32-26-40(27-39-32)38(29-15-9-6-10-16-29,30-17-11-7-12-18-30)31-19-13-8-14-20-31;28-24(29)17-16-23-18-27(19-26-23)25(20-10-4-1-5-11-20,21-12-6-2-7-13-21)22-14-8-3-9-15-22;1-4-15(23-12(3)20)8-14(21)9-16(5-2)24-17(22)7-6-13-10-18-11-19-13/h6-20,26-27,33-36,42-43H,4-5,21-25H2,1-3H3;1-15,18-19H,16-17H2,(H,28,29);10-11,14-16,21H,4-9H2,1-3H3,(H,18,19). The molecule has 0 fully saturated rings. The number of carbonyl (C=O) groups is 5. The average Bonchev–Trinajstić information content (AvgIpc) is 1.72. The van der Waals surface area contributed by atoms with E-state index < -0.39 is 53.5 Å². The molecule has 0 radical (unpaired) electrons. The van der Waals surface area contributed by atoms with E-state index in [1.807, 2.05) is 162 Å². The van der Waals surface area contributed by atoms with Gasteiger partial charge in [-0.25, -0.2) is 15.0 Å². The topological polar surface area (TPSA) is 268 Å². The van der Waals surface area contributed by atoms with Crippen LogP contribution in [0.3, 0.4) is 0 Å². The number of hydrogen-bond acceptors (Lipinski definition) is 15. The summed E-state index contributed by atoms with van der Waals surface area (Å²) in [4.78, 5) is 74.5. The van der Waals surface area contributed by atoms with Gasteiger partial charge in [-0.3, -0.25) is 24.0 Å². The van der Waals surface area contributed by atoms with E-state index in [0.29, 0.717) is 57.8 Å². The third-order valence-electron chi connectivity index (χ3n) is 17.3. The highest BCUT2D eigenvalue weighted by Crippen LogP contribution is 2.42. The average molecular weight is 1350 g/mol. The van der Waals surface area contributed by atoms with Crippen LogP contribution < -0.4 is 0 Å². The number of carboxylic acid groups (broad SMARTS) is 1. The first kappa shape index (κ1) is 76.5. The van der Waals surface area contributed by atoms with E-state index in [-0.39, 0.29) is 68.6 Å². The number of nitrogens with one attached hydrogen (secondary N) is 1. The Morgan fingerprint density at radius 2 is 0.737 bits per heavy atom. The van der Waals surface area contributed by atoms with E-state index in [4.69, 9.17) is 29.0 Å². The molecule has 0 spiro atoms. The SMILES string of the molecule is CCC(CC(O)CC(CC)OC(=O)CCc1cnc[nH]1)OC(C)=O.CCC(O)CC(CC(O)CC(CC)OC(=O)CCc1cn(C(c2ccccc2)(c2ccccc2)c2ccccc2)cn1)OC(C)=O.O=C(O)CCc1cn(C(c2ccccc2)(c2ccccc2)c2ccccc2)cn1. The van der Waals surface area contributed by atoms with Crippen LogP contribution in [-0.2, 0) is 73.3 Å². The maximum absolute atomic E-state index is 12.9. The molecule has 0 aliphatic rings. The highest BCUT2D eigenvalue weighted by atomic mass is 16.6. The molecule has 0 aliphatic carbocycles. The van der Waals surface area contributed by atoms with Crippen LogP contribution in [0.1, 0.15) is 169 Å². The number of aliphatic hydroxyl groups excluding tert-OH is 3. The molecule has 19 heteroatoms. The van der Waals surface area contributed by atoms with Crippen molar-refractivity contribution < 1.29 is 63.3 Å². The lowest BCUT2D eigenvalue weighted by molar-refractivity contribution is -0.153. The molecule has 7 unspecified atom stereocenters. The summed E-state index contributed by atoms with van der Waals surface area (Å²) in [5.41, 5.74) is 7.69. The van der Waals surface area contributed by atoms with Crippen LogP contribution in [0, 0.1) is 0 Å². The van der Waals surface area contributed by atoms with Gasteiger partial charge in [0.25, 0.3) is 0 Å². The summed E-state index contributed by atoms with van der Waals surface area (Å²) in [6.07, 6.45) is 12.3. The molecule has 0 saturated carbocycles. The van der Waals surface area contributed by atoms with Crippen LogP contribution in [-0.4, -0.2) is 122 Å². The number of carboxylic acids is 1. The fourth-order valence-electron chi connectivity index (χ4n) is 12.4. The van der Waals surface area contributed by atoms with E-state index in [2.05, 4.69) is 96.9 Å². The molecule has 0 bridgehead atoms. The van der Waals surface area contributed by atoms with Gasteiger partial charge in [-0.1, -0.05) is 210 Å². The largest absolute Gasteiger partial charge is 0.481 e. The number of benzene rings is 6. The monoisotopic (exact) mass is 1350 g/mol. The molecule has 6 aromatic carbocycles. The van der Waals surface area contributed by atoms with Crippen LogP contribution in [0.25, 0.3) is 0 Å². The number of aryl methyl sites for hydroxylation is 3. The summed E-state index contributed by atoms with van der Waals surface area (Å²) in [5, 5.41) is 40.0. The molecular formula is C80H96N6O13. The number of H-pyrrole nitrogens is 1. The van der Waals surface area contributed by atoms with Crippen molar-refractivity contribution in [3.63, 3.8) is 0 Å². The van der Waals surface area contributed by atoms with Crippen molar-refractivity contribution in [1.29, 1.82) is 0 Å². The number of hydrogen-bond donors (Lipinski definition) is 5. The zero-order chi connectivity index (χ0) is 71.0. The second-order valence-corrected chi connectivity index (χ2v) is 24.6. The number of ether oxygens (including phenoxy) is 4. The predicted molar refractivity (Wildman–Crippen MR) is 378 cm³/mol. The first-order valence-corrected chi connectivity index (χ1v) is 34.3. The molecule has 7 atom stereocenters.